The molecule has 0 N–H and O–H groups in total. The van der Waals surface area contributed by atoms with Gasteiger partial charge in [0.05, 0.1) is 33.0 Å². The molecule has 0 aromatic heterocycles. The molecule has 0 radical (unpaired) electrons. The van der Waals surface area contributed by atoms with Crippen molar-refractivity contribution < 1.29 is 9.13 Å². The third-order valence-corrected chi connectivity index (χ3v) is 5.06. The SMILES string of the molecule is N#CC1CCCC1S(=O)c1ccccc1[N+](=O)[O-]. The molecule has 1 aromatic carbocycles. The van der Waals surface area contributed by atoms with Crippen molar-refractivity contribution >= 4 is 16.5 Å². The lowest BCUT2D eigenvalue weighted by molar-refractivity contribution is -0.387. The van der Waals surface area contributed by atoms with Crippen LogP contribution in [0.2, 0.25) is 0 Å². The van der Waals surface area contributed by atoms with E-state index >= 15 is 0 Å². The molecule has 1 aliphatic rings. The highest BCUT2D eigenvalue weighted by Crippen LogP contribution is 2.34. The minimum atomic E-state index is -1.48. The third-order valence-electron chi connectivity index (χ3n) is 3.17. The van der Waals surface area contributed by atoms with E-state index in [0.29, 0.717) is 6.42 Å². The molecule has 5 nitrogen and oxygen atoms in total. The highest BCUT2D eigenvalue weighted by molar-refractivity contribution is 7.85. The zero-order valence-electron chi connectivity index (χ0n) is 9.61. The molecule has 0 bridgehead atoms. The largest absolute Gasteiger partial charge is 0.285 e. The third kappa shape index (κ3) is 2.27. The number of hydrogen-bond acceptors (Lipinski definition) is 4. The van der Waals surface area contributed by atoms with E-state index in [9.17, 15) is 14.3 Å². The second kappa shape index (κ2) is 5.27. The van der Waals surface area contributed by atoms with Crippen molar-refractivity contribution in [2.24, 2.45) is 5.92 Å². The van der Waals surface area contributed by atoms with Gasteiger partial charge in [0.2, 0.25) is 0 Å². The van der Waals surface area contributed by atoms with E-state index in [1.54, 1.807) is 12.1 Å². The molecule has 3 atom stereocenters. The maximum absolute atomic E-state index is 12.4. The van der Waals surface area contributed by atoms with Gasteiger partial charge in [0, 0.05) is 6.07 Å². The van der Waals surface area contributed by atoms with Crippen LogP contribution >= 0.6 is 0 Å². The Kier molecular flexibility index (Phi) is 3.72. The van der Waals surface area contributed by atoms with Crippen molar-refractivity contribution in [3.63, 3.8) is 0 Å². The minimum absolute atomic E-state index is 0.126. The summed E-state index contributed by atoms with van der Waals surface area (Å²) < 4.78 is 12.4. The molecule has 1 saturated carbocycles. The number of rotatable bonds is 3. The summed E-state index contributed by atoms with van der Waals surface area (Å²) in [5.41, 5.74) is -0.126. The van der Waals surface area contributed by atoms with E-state index in [4.69, 9.17) is 5.26 Å². The minimum Gasteiger partial charge on any atom is -0.258 e. The van der Waals surface area contributed by atoms with Crippen LogP contribution < -0.4 is 0 Å². The van der Waals surface area contributed by atoms with Crippen molar-refractivity contribution in [3.8, 4) is 6.07 Å². The summed E-state index contributed by atoms with van der Waals surface area (Å²) in [6.45, 7) is 0. The van der Waals surface area contributed by atoms with E-state index < -0.39 is 15.7 Å². The van der Waals surface area contributed by atoms with E-state index in [2.05, 4.69) is 6.07 Å². The Bertz CT molecular complexity index is 538. The average Bonchev–Trinajstić information content (AvgIpc) is 2.86. The fraction of sp³-hybridized carbons (Fsp3) is 0.417. The Morgan fingerprint density at radius 2 is 2.11 bits per heavy atom. The van der Waals surface area contributed by atoms with Gasteiger partial charge in [0.15, 0.2) is 0 Å². The zero-order chi connectivity index (χ0) is 13.1. The number of para-hydroxylation sites is 1. The molecule has 3 unspecified atom stereocenters. The Morgan fingerprint density at radius 3 is 2.78 bits per heavy atom. The summed E-state index contributed by atoms with van der Waals surface area (Å²) in [7, 11) is -1.48. The fourth-order valence-electron chi connectivity index (χ4n) is 2.27. The van der Waals surface area contributed by atoms with Gasteiger partial charge in [0.25, 0.3) is 5.69 Å². The topological polar surface area (TPSA) is 84.0 Å². The van der Waals surface area contributed by atoms with Crippen LogP contribution in [0.15, 0.2) is 29.2 Å². The van der Waals surface area contributed by atoms with Crippen molar-refractivity contribution in [2.45, 2.75) is 29.4 Å². The predicted molar refractivity (Wildman–Crippen MR) is 66.2 cm³/mol. The Labute approximate surface area is 107 Å². The summed E-state index contributed by atoms with van der Waals surface area (Å²) in [5.74, 6) is -0.259. The summed E-state index contributed by atoms with van der Waals surface area (Å²) in [5, 5.41) is 19.6. The zero-order valence-corrected chi connectivity index (χ0v) is 10.4. The second-order valence-corrected chi connectivity index (χ2v) is 5.87. The van der Waals surface area contributed by atoms with Crippen molar-refractivity contribution in [1.82, 2.24) is 0 Å². The fourth-order valence-corrected chi connectivity index (χ4v) is 4.03. The molecule has 1 aromatic rings. The predicted octanol–water partition coefficient (Wildman–Crippen LogP) is 2.39. The number of nitriles is 1. The number of nitro groups is 1. The van der Waals surface area contributed by atoms with Gasteiger partial charge in [-0.3, -0.25) is 14.3 Å². The molecule has 94 valence electrons. The Balaban J connectivity index is 2.35. The van der Waals surface area contributed by atoms with Gasteiger partial charge in [-0.1, -0.05) is 18.6 Å². The number of nitro benzene ring substituents is 1. The molecule has 0 heterocycles. The molecular weight excluding hydrogens is 252 g/mol. The lowest BCUT2D eigenvalue weighted by Crippen LogP contribution is -2.19. The Hall–Kier alpha value is -1.74. The molecule has 0 amide bonds. The van der Waals surface area contributed by atoms with Crippen molar-refractivity contribution in [2.75, 3.05) is 0 Å². The maximum atomic E-state index is 12.4. The Morgan fingerprint density at radius 1 is 1.39 bits per heavy atom. The van der Waals surface area contributed by atoms with Gasteiger partial charge in [-0.05, 0) is 18.9 Å². The van der Waals surface area contributed by atoms with Crippen LogP contribution in [0.25, 0.3) is 0 Å². The normalized spacial score (nSPS) is 24.4. The first kappa shape index (κ1) is 12.7. The first-order valence-electron chi connectivity index (χ1n) is 5.68. The van der Waals surface area contributed by atoms with Crippen LogP contribution in [-0.4, -0.2) is 14.4 Å². The second-order valence-electron chi connectivity index (χ2n) is 4.23. The molecule has 1 aliphatic carbocycles. The van der Waals surface area contributed by atoms with E-state index in [1.807, 2.05) is 0 Å². The molecule has 0 spiro atoms. The highest BCUT2D eigenvalue weighted by atomic mass is 32.2. The van der Waals surface area contributed by atoms with Gasteiger partial charge in [0.1, 0.15) is 4.90 Å². The van der Waals surface area contributed by atoms with Crippen LogP contribution in [0.4, 0.5) is 5.69 Å². The molecule has 6 heteroatoms. The average molecular weight is 264 g/mol. The smallest absolute Gasteiger partial charge is 0.258 e. The highest BCUT2D eigenvalue weighted by Gasteiger charge is 2.35. The number of nitrogens with zero attached hydrogens (tertiary/aromatic N) is 2. The standard InChI is InChI=1S/C12H12N2O3S/c13-8-9-4-3-7-11(9)18(17)12-6-2-1-5-10(12)14(15)16/h1-2,5-6,9,11H,3-4,7H2. The summed E-state index contributed by atoms with van der Waals surface area (Å²) in [6, 6.07) is 8.20. The van der Waals surface area contributed by atoms with Gasteiger partial charge in [-0.25, -0.2) is 0 Å². The van der Waals surface area contributed by atoms with Crippen molar-refractivity contribution in [1.29, 1.82) is 5.26 Å². The van der Waals surface area contributed by atoms with E-state index in [-0.39, 0.29) is 21.8 Å². The van der Waals surface area contributed by atoms with Crippen LogP contribution in [0.5, 0.6) is 0 Å². The van der Waals surface area contributed by atoms with Gasteiger partial charge in [-0.15, -0.1) is 0 Å². The lowest BCUT2D eigenvalue weighted by atomic mass is 10.1. The summed E-state index contributed by atoms with van der Waals surface area (Å²) >= 11 is 0. The van der Waals surface area contributed by atoms with Crippen LogP contribution in [-0.2, 0) is 10.8 Å². The maximum Gasteiger partial charge on any atom is 0.285 e. The van der Waals surface area contributed by atoms with E-state index in [0.717, 1.165) is 12.8 Å². The van der Waals surface area contributed by atoms with Crippen LogP contribution in [0.3, 0.4) is 0 Å². The quantitative estimate of drug-likeness (QED) is 0.619. The van der Waals surface area contributed by atoms with Crippen LogP contribution in [0.1, 0.15) is 19.3 Å². The first-order chi connectivity index (χ1) is 8.65. The molecule has 0 saturated heterocycles. The molecule has 0 aliphatic heterocycles. The molecule has 18 heavy (non-hydrogen) atoms. The molecular formula is C12H12N2O3S. The molecule has 2 rings (SSSR count). The number of hydrogen-bond donors (Lipinski definition) is 0. The monoisotopic (exact) mass is 264 g/mol. The van der Waals surface area contributed by atoms with Gasteiger partial charge < -0.3 is 0 Å². The van der Waals surface area contributed by atoms with Crippen molar-refractivity contribution in [3.05, 3.63) is 34.4 Å². The summed E-state index contributed by atoms with van der Waals surface area (Å²) in [4.78, 5) is 10.6. The van der Waals surface area contributed by atoms with Gasteiger partial charge >= 0.3 is 0 Å². The first-order valence-corrected chi connectivity index (χ1v) is 6.90. The van der Waals surface area contributed by atoms with E-state index in [1.165, 1.54) is 12.1 Å². The van der Waals surface area contributed by atoms with Crippen LogP contribution in [0, 0.1) is 27.4 Å². The lowest BCUT2D eigenvalue weighted by Gasteiger charge is -2.12. The summed E-state index contributed by atoms with van der Waals surface area (Å²) in [6.07, 6.45) is 2.28. The molecule has 1 fully saturated rings. The number of benzene rings is 1. The van der Waals surface area contributed by atoms with Gasteiger partial charge in [-0.2, -0.15) is 5.26 Å².